The third kappa shape index (κ3) is 4.59. The van der Waals surface area contributed by atoms with E-state index < -0.39 is 10.1 Å². The first-order chi connectivity index (χ1) is 12.9. The van der Waals surface area contributed by atoms with Gasteiger partial charge in [-0.2, -0.15) is 8.42 Å². The van der Waals surface area contributed by atoms with Crippen molar-refractivity contribution in [1.82, 2.24) is 0 Å². The second-order valence-corrected chi connectivity index (χ2v) is 8.97. The number of hydrogen-bond acceptors (Lipinski definition) is 2. The first-order valence-corrected chi connectivity index (χ1v) is 11.7. The Labute approximate surface area is 174 Å². The van der Waals surface area contributed by atoms with Crippen molar-refractivity contribution in [2.24, 2.45) is 0 Å². The highest BCUT2D eigenvalue weighted by molar-refractivity contribution is 14.1. The molecule has 0 saturated heterocycles. The lowest BCUT2D eigenvalue weighted by Gasteiger charge is -2.22. The van der Waals surface area contributed by atoms with E-state index in [2.05, 4.69) is 40.8 Å². The number of rotatable bonds is 6. The van der Waals surface area contributed by atoms with E-state index in [0.717, 1.165) is 27.5 Å². The SMILES string of the molecule is Cc1ccc(-c2ccccc2S(=O)(=O)O)c(C(CCI)c2ccccc2)c1. The minimum Gasteiger partial charge on any atom is -0.282 e. The van der Waals surface area contributed by atoms with Crippen LogP contribution >= 0.6 is 22.6 Å². The Balaban J connectivity index is 2.26. The molecule has 0 aliphatic heterocycles. The number of aryl methyl sites for hydroxylation is 1. The second kappa shape index (κ2) is 8.54. The predicted octanol–water partition coefficient (Wildman–Crippen LogP) is 5.87. The van der Waals surface area contributed by atoms with Crippen LogP contribution in [0.3, 0.4) is 0 Å². The first kappa shape index (κ1) is 20.0. The molecule has 3 nitrogen and oxygen atoms in total. The standard InChI is InChI=1S/C22H21IO3S/c1-16-11-12-19(20-9-5-6-10-22(20)27(24,25)26)21(15-16)18(13-14-23)17-7-3-2-4-8-17/h2-12,15,18H,13-14H2,1H3,(H,24,25,26). The molecule has 3 aromatic rings. The van der Waals surface area contributed by atoms with E-state index >= 15 is 0 Å². The van der Waals surface area contributed by atoms with Crippen LogP contribution in [0.4, 0.5) is 0 Å². The van der Waals surface area contributed by atoms with Crippen LogP contribution < -0.4 is 0 Å². The fourth-order valence-corrected chi connectivity index (χ4v) is 4.76. The van der Waals surface area contributed by atoms with E-state index in [0.29, 0.717) is 5.56 Å². The van der Waals surface area contributed by atoms with Crippen molar-refractivity contribution in [2.45, 2.75) is 24.2 Å². The first-order valence-electron chi connectivity index (χ1n) is 8.70. The molecule has 0 aromatic heterocycles. The molecule has 0 bridgehead atoms. The Morgan fingerprint density at radius 2 is 1.59 bits per heavy atom. The summed E-state index contributed by atoms with van der Waals surface area (Å²) in [6.07, 6.45) is 0.940. The van der Waals surface area contributed by atoms with Crippen molar-refractivity contribution in [1.29, 1.82) is 0 Å². The molecule has 140 valence electrons. The molecule has 27 heavy (non-hydrogen) atoms. The van der Waals surface area contributed by atoms with Gasteiger partial charge in [-0.1, -0.05) is 94.9 Å². The molecular formula is C22H21IO3S. The highest BCUT2D eigenvalue weighted by atomic mass is 127. The van der Waals surface area contributed by atoms with E-state index in [4.69, 9.17) is 0 Å². The molecular weight excluding hydrogens is 471 g/mol. The molecule has 0 saturated carbocycles. The molecule has 3 aromatic carbocycles. The third-order valence-corrected chi connectivity index (χ3v) is 6.17. The van der Waals surface area contributed by atoms with Gasteiger partial charge in [-0.25, -0.2) is 0 Å². The second-order valence-electron chi connectivity index (χ2n) is 6.50. The largest absolute Gasteiger partial charge is 0.295 e. The zero-order valence-corrected chi connectivity index (χ0v) is 17.9. The summed E-state index contributed by atoms with van der Waals surface area (Å²) in [5.74, 6) is 0.146. The van der Waals surface area contributed by atoms with Gasteiger partial charge in [-0.3, -0.25) is 4.55 Å². The Bertz CT molecular complexity index is 1030. The quantitative estimate of drug-likeness (QED) is 0.266. The predicted molar refractivity (Wildman–Crippen MR) is 118 cm³/mol. The molecule has 0 fully saturated rings. The molecule has 0 heterocycles. The van der Waals surface area contributed by atoms with Crippen LogP contribution in [0.25, 0.3) is 11.1 Å². The lowest BCUT2D eigenvalue weighted by atomic mass is 9.83. The van der Waals surface area contributed by atoms with E-state index in [1.807, 2.05) is 37.3 Å². The van der Waals surface area contributed by atoms with Gasteiger partial charge >= 0.3 is 0 Å². The summed E-state index contributed by atoms with van der Waals surface area (Å²) >= 11 is 2.37. The van der Waals surface area contributed by atoms with Gasteiger partial charge in [-0.15, -0.1) is 0 Å². The molecule has 5 heteroatoms. The summed E-state index contributed by atoms with van der Waals surface area (Å²) < 4.78 is 34.5. The summed E-state index contributed by atoms with van der Waals surface area (Å²) in [4.78, 5) is -0.0589. The van der Waals surface area contributed by atoms with Crippen LogP contribution in [0.15, 0.2) is 77.7 Å². The minimum absolute atomic E-state index is 0.0589. The molecule has 3 rings (SSSR count). The molecule has 0 radical (unpaired) electrons. The summed E-state index contributed by atoms with van der Waals surface area (Å²) in [5, 5.41) is 0. The van der Waals surface area contributed by atoms with E-state index in [1.54, 1.807) is 18.2 Å². The zero-order chi connectivity index (χ0) is 19.4. The molecule has 1 atom stereocenters. The Morgan fingerprint density at radius 1 is 0.926 bits per heavy atom. The van der Waals surface area contributed by atoms with E-state index in [-0.39, 0.29) is 10.8 Å². The van der Waals surface area contributed by atoms with Crippen LogP contribution in [0.1, 0.15) is 29.0 Å². The normalized spacial score (nSPS) is 12.7. The van der Waals surface area contributed by atoms with Gasteiger partial charge < -0.3 is 0 Å². The van der Waals surface area contributed by atoms with Gasteiger partial charge in [0.2, 0.25) is 0 Å². The number of alkyl halides is 1. The van der Waals surface area contributed by atoms with Crippen molar-refractivity contribution < 1.29 is 13.0 Å². The lowest BCUT2D eigenvalue weighted by molar-refractivity contribution is 0.483. The highest BCUT2D eigenvalue weighted by Crippen LogP contribution is 2.38. The molecule has 1 N–H and O–H groups in total. The topological polar surface area (TPSA) is 54.4 Å². The lowest BCUT2D eigenvalue weighted by Crippen LogP contribution is -2.07. The van der Waals surface area contributed by atoms with E-state index in [1.165, 1.54) is 11.6 Å². The van der Waals surface area contributed by atoms with Crippen LogP contribution in [0.5, 0.6) is 0 Å². The monoisotopic (exact) mass is 492 g/mol. The van der Waals surface area contributed by atoms with Crippen molar-refractivity contribution in [3.8, 4) is 11.1 Å². The summed E-state index contributed by atoms with van der Waals surface area (Å²) in [7, 11) is -4.31. The van der Waals surface area contributed by atoms with Gasteiger partial charge in [0.05, 0.1) is 0 Å². The van der Waals surface area contributed by atoms with E-state index in [9.17, 15) is 13.0 Å². The van der Waals surface area contributed by atoms with Crippen molar-refractivity contribution in [3.05, 3.63) is 89.5 Å². The summed E-state index contributed by atoms with van der Waals surface area (Å²) in [5.41, 5.74) is 4.77. The third-order valence-electron chi connectivity index (χ3n) is 4.64. The highest BCUT2D eigenvalue weighted by Gasteiger charge is 2.22. The van der Waals surface area contributed by atoms with Crippen LogP contribution in [0, 0.1) is 6.92 Å². The Kier molecular flexibility index (Phi) is 6.34. The number of benzene rings is 3. The maximum absolute atomic E-state index is 11.9. The van der Waals surface area contributed by atoms with Crippen molar-refractivity contribution >= 4 is 32.7 Å². The zero-order valence-electron chi connectivity index (χ0n) is 15.0. The van der Waals surface area contributed by atoms with Gasteiger partial charge in [0.1, 0.15) is 4.90 Å². The number of hydrogen-bond donors (Lipinski definition) is 1. The summed E-state index contributed by atoms with van der Waals surface area (Å²) in [6, 6.07) is 22.9. The van der Waals surface area contributed by atoms with Gasteiger partial charge in [0, 0.05) is 15.9 Å². The Morgan fingerprint density at radius 3 is 2.26 bits per heavy atom. The number of halogens is 1. The maximum atomic E-state index is 11.9. The average Bonchev–Trinajstić information content (AvgIpc) is 2.66. The van der Waals surface area contributed by atoms with Gasteiger partial charge in [0.15, 0.2) is 0 Å². The van der Waals surface area contributed by atoms with Gasteiger partial charge in [0.25, 0.3) is 10.1 Å². The van der Waals surface area contributed by atoms with Crippen molar-refractivity contribution in [2.75, 3.05) is 4.43 Å². The van der Waals surface area contributed by atoms with Crippen molar-refractivity contribution in [3.63, 3.8) is 0 Å². The maximum Gasteiger partial charge on any atom is 0.295 e. The van der Waals surface area contributed by atoms with Crippen LogP contribution in [-0.2, 0) is 10.1 Å². The average molecular weight is 492 g/mol. The smallest absolute Gasteiger partial charge is 0.282 e. The fourth-order valence-electron chi connectivity index (χ4n) is 3.43. The van der Waals surface area contributed by atoms with Crippen LogP contribution in [-0.4, -0.2) is 17.4 Å². The Hall–Kier alpha value is -1.70. The summed E-state index contributed by atoms with van der Waals surface area (Å²) in [6.45, 7) is 2.04. The molecule has 0 aliphatic carbocycles. The molecule has 1 unspecified atom stereocenters. The molecule has 0 aliphatic rings. The minimum atomic E-state index is -4.31. The molecule has 0 amide bonds. The fraction of sp³-hybridized carbons (Fsp3) is 0.182. The van der Waals surface area contributed by atoms with Crippen LogP contribution in [0.2, 0.25) is 0 Å². The molecule has 0 spiro atoms. The van der Waals surface area contributed by atoms with Gasteiger partial charge in [-0.05, 0) is 36.1 Å².